The lowest BCUT2D eigenvalue weighted by Gasteiger charge is -2.02. The average molecular weight is 157 g/mol. The number of hydrogen-bond acceptors (Lipinski definition) is 3. The van der Waals surface area contributed by atoms with E-state index in [0.717, 1.165) is 0 Å². The van der Waals surface area contributed by atoms with E-state index in [9.17, 15) is 4.79 Å². The van der Waals surface area contributed by atoms with Crippen LogP contribution in [0.5, 0.6) is 0 Å². The van der Waals surface area contributed by atoms with E-state index in [0.29, 0.717) is 12.8 Å². The van der Waals surface area contributed by atoms with Gasteiger partial charge in [0.15, 0.2) is 0 Å². The van der Waals surface area contributed by atoms with Crippen molar-refractivity contribution >= 4 is 5.97 Å². The highest BCUT2D eigenvalue weighted by Gasteiger charge is 2.04. The van der Waals surface area contributed by atoms with E-state index in [1.54, 1.807) is 0 Å². The van der Waals surface area contributed by atoms with Crippen LogP contribution in [0, 0.1) is 11.3 Å². The molecule has 0 saturated carbocycles. The Balaban J connectivity index is 3.25. The van der Waals surface area contributed by atoms with Gasteiger partial charge in [0.25, 0.3) is 0 Å². The Morgan fingerprint density at radius 2 is 2.27 bits per heavy atom. The second kappa shape index (κ2) is 5.69. The lowest BCUT2D eigenvalue weighted by Crippen LogP contribution is -2.06. The summed E-state index contributed by atoms with van der Waals surface area (Å²) in [5.41, 5.74) is 0. The van der Waals surface area contributed by atoms with E-state index in [1.165, 1.54) is 0 Å². The standard InChI is InChI=1S/C7H11NO3/c8-5-4-6(9)2-1-3-7(10)11/h6,9H,1-4H2,(H,10,11). The number of carbonyl (C=O) groups is 1. The highest BCUT2D eigenvalue weighted by Crippen LogP contribution is 2.03. The largest absolute Gasteiger partial charge is 0.481 e. The zero-order valence-electron chi connectivity index (χ0n) is 6.16. The average Bonchev–Trinajstić information content (AvgIpc) is 1.87. The summed E-state index contributed by atoms with van der Waals surface area (Å²) in [5.74, 6) is -0.867. The smallest absolute Gasteiger partial charge is 0.303 e. The quantitative estimate of drug-likeness (QED) is 0.609. The molecule has 0 saturated heterocycles. The first kappa shape index (κ1) is 9.92. The third kappa shape index (κ3) is 6.81. The molecule has 0 aliphatic rings. The number of aliphatic hydroxyl groups excluding tert-OH is 1. The predicted octanol–water partition coefficient (Wildman–Crippen LogP) is 0.516. The number of rotatable bonds is 5. The molecule has 4 nitrogen and oxygen atoms in total. The maximum atomic E-state index is 9.99. The lowest BCUT2D eigenvalue weighted by molar-refractivity contribution is -0.137. The van der Waals surface area contributed by atoms with Gasteiger partial charge in [-0.3, -0.25) is 4.79 Å². The molecule has 62 valence electrons. The van der Waals surface area contributed by atoms with Crippen LogP contribution in [0.25, 0.3) is 0 Å². The van der Waals surface area contributed by atoms with Gasteiger partial charge >= 0.3 is 5.97 Å². The SMILES string of the molecule is N#CCC(O)CCCC(=O)O. The van der Waals surface area contributed by atoms with Gasteiger partial charge in [-0.05, 0) is 12.8 Å². The summed E-state index contributed by atoms with van der Waals surface area (Å²) in [4.78, 5) is 9.99. The third-order valence-corrected chi connectivity index (χ3v) is 1.25. The summed E-state index contributed by atoms with van der Waals surface area (Å²) in [6, 6.07) is 1.81. The third-order valence-electron chi connectivity index (χ3n) is 1.25. The van der Waals surface area contributed by atoms with E-state index in [2.05, 4.69) is 0 Å². The van der Waals surface area contributed by atoms with E-state index in [4.69, 9.17) is 15.5 Å². The van der Waals surface area contributed by atoms with Gasteiger partial charge in [0, 0.05) is 6.42 Å². The molecule has 0 amide bonds. The number of hydrogen-bond donors (Lipinski definition) is 2. The van der Waals surface area contributed by atoms with Crippen LogP contribution in [-0.2, 0) is 4.79 Å². The maximum absolute atomic E-state index is 9.99. The van der Waals surface area contributed by atoms with Crippen molar-refractivity contribution in [3.8, 4) is 6.07 Å². The Bertz CT molecular complexity index is 162. The molecule has 1 unspecified atom stereocenters. The van der Waals surface area contributed by atoms with Crippen LogP contribution >= 0.6 is 0 Å². The van der Waals surface area contributed by atoms with E-state index >= 15 is 0 Å². The molecule has 0 heterocycles. The molecule has 0 radical (unpaired) electrons. The van der Waals surface area contributed by atoms with Gasteiger partial charge in [-0.25, -0.2) is 0 Å². The Morgan fingerprint density at radius 3 is 2.73 bits per heavy atom. The number of nitriles is 1. The van der Waals surface area contributed by atoms with Crippen molar-refractivity contribution in [3.63, 3.8) is 0 Å². The molecule has 11 heavy (non-hydrogen) atoms. The van der Waals surface area contributed by atoms with Crippen molar-refractivity contribution in [2.45, 2.75) is 31.8 Å². The topological polar surface area (TPSA) is 81.3 Å². The first-order chi connectivity index (χ1) is 5.16. The fourth-order valence-electron chi connectivity index (χ4n) is 0.696. The van der Waals surface area contributed by atoms with E-state index < -0.39 is 12.1 Å². The number of aliphatic hydroxyl groups is 1. The highest BCUT2D eigenvalue weighted by atomic mass is 16.4. The van der Waals surface area contributed by atoms with Crippen LogP contribution in [0.15, 0.2) is 0 Å². The Hall–Kier alpha value is -1.08. The number of nitrogens with zero attached hydrogens (tertiary/aromatic N) is 1. The Labute approximate surface area is 65.1 Å². The summed E-state index contributed by atoms with van der Waals surface area (Å²) in [6.07, 6.45) is 0.291. The van der Waals surface area contributed by atoms with Gasteiger partial charge < -0.3 is 10.2 Å². The maximum Gasteiger partial charge on any atom is 0.303 e. The van der Waals surface area contributed by atoms with Gasteiger partial charge in [-0.1, -0.05) is 0 Å². The zero-order valence-corrected chi connectivity index (χ0v) is 6.16. The van der Waals surface area contributed by atoms with E-state index in [1.807, 2.05) is 6.07 Å². The second-order valence-electron chi connectivity index (χ2n) is 2.30. The molecule has 0 fully saturated rings. The molecule has 0 bridgehead atoms. The number of aliphatic carboxylic acids is 1. The first-order valence-corrected chi connectivity index (χ1v) is 3.43. The molecule has 0 aliphatic carbocycles. The van der Waals surface area contributed by atoms with Gasteiger partial charge in [-0.15, -0.1) is 0 Å². The summed E-state index contributed by atoms with van der Waals surface area (Å²) in [6.45, 7) is 0. The van der Waals surface area contributed by atoms with E-state index in [-0.39, 0.29) is 12.8 Å². The minimum atomic E-state index is -0.867. The van der Waals surface area contributed by atoms with Crippen molar-refractivity contribution in [1.29, 1.82) is 5.26 Å². The van der Waals surface area contributed by atoms with Crippen LogP contribution in [0.4, 0.5) is 0 Å². The van der Waals surface area contributed by atoms with Crippen LogP contribution in [0.3, 0.4) is 0 Å². The summed E-state index contributed by atoms with van der Waals surface area (Å²) < 4.78 is 0. The van der Waals surface area contributed by atoms with Crippen LogP contribution in [-0.4, -0.2) is 22.3 Å². The minimum Gasteiger partial charge on any atom is -0.481 e. The van der Waals surface area contributed by atoms with Crippen molar-refractivity contribution in [1.82, 2.24) is 0 Å². The molecule has 0 aromatic rings. The highest BCUT2D eigenvalue weighted by molar-refractivity contribution is 5.66. The lowest BCUT2D eigenvalue weighted by atomic mass is 10.1. The summed E-state index contributed by atoms with van der Waals surface area (Å²) in [5, 5.41) is 25.3. The normalized spacial score (nSPS) is 12.0. The molecular weight excluding hydrogens is 146 g/mol. The van der Waals surface area contributed by atoms with Crippen LogP contribution in [0.1, 0.15) is 25.7 Å². The molecule has 0 aromatic carbocycles. The Kier molecular flexibility index (Phi) is 5.13. The molecule has 4 heteroatoms. The molecule has 0 rings (SSSR count). The van der Waals surface area contributed by atoms with Gasteiger partial charge in [0.05, 0.1) is 18.6 Å². The van der Waals surface area contributed by atoms with Crippen LogP contribution in [0.2, 0.25) is 0 Å². The molecule has 0 spiro atoms. The van der Waals surface area contributed by atoms with Crippen molar-refractivity contribution in [2.75, 3.05) is 0 Å². The number of carboxylic acid groups (broad SMARTS) is 1. The molecular formula is C7H11NO3. The van der Waals surface area contributed by atoms with Gasteiger partial charge in [-0.2, -0.15) is 5.26 Å². The molecule has 2 N–H and O–H groups in total. The fraction of sp³-hybridized carbons (Fsp3) is 0.714. The fourth-order valence-corrected chi connectivity index (χ4v) is 0.696. The zero-order chi connectivity index (χ0) is 8.69. The molecule has 1 atom stereocenters. The van der Waals surface area contributed by atoms with Gasteiger partial charge in [0.1, 0.15) is 0 Å². The monoisotopic (exact) mass is 157 g/mol. The molecule has 0 aromatic heterocycles. The molecule has 0 aliphatic heterocycles. The van der Waals surface area contributed by atoms with Crippen molar-refractivity contribution in [3.05, 3.63) is 0 Å². The van der Waals surface area contributed by atoms with Crippen LogP contribution < -0.4 is 0 Å². The van der Waals surface area contributed by atoms with Crippen molar-refractivity contribution in [2.24, 2.45) is 0 Å². The minimum absolute atomic E-state index is 0.0580. The first-order valence-electron chi connectivity index (χ1n) is 3.43. The number of carboxylic acids is 1. The summed E-state index contributed by atoms with van der Waals surface area (Å²) in [7, 11) is 0. The Morgan fingerprint density at radius 1 is 1.64 bits per heavy atom. The van der Waals surface area contributed by atoms with Crippen molar-refractivity contribution < 1.29 is 15.0 Å². The predicted molar refractivity (Wildman–Crippen MR) is 37.7 cm³/mol. The van der Waals surface area contributed by atoms with Gasteiger partial charge in [0.2, 0.25) is 0 Å². The second-order valence-corrected chi connectivity index (χ2v) is 2.30. The summed E-state index contributed by atoms with van der Waals surface area (Å²) >= 11 is 0.